The van der Waals surface area contributed by atoms with E-state index in [9.17, 15) is 4.79 Å². The number of fused-ring (bicyclic) bond motifs is 1. The van der Waals surface area contributed by atoms with Crippen LogP contribution in [0.1, 0.15) is 16.7 Å². The Morgan fingerprint density at radius 1 is 1.42 bits per heavy atom. The highest BCUT2D eigenvalue weighted by molar-refractivity contribution is 7.18. The highest BCUT2D eigenvalue weighted by Gasteiger charge is 2.17. The largest absolute Gasteiger partial charge is 0.382 e. The molecule has 0 radical (unpaired) electrons. The molecule has 3 rings (SSSR count). The molecule has 0 aliphatic heterocycles. The number of nitrogens with one attached hydrogen (secondary N) is 2. The van der Waals surface area contributed by atoms with Gasteiger partial charge >= 0.3 is 6.03 Å². The minimum atomic E-state index is -0.293. The quantitative estimate of drug-likeness (QED) is 0.745. The molecule has 1 aromatic carbocycles. The summed E-state index contributed by atoms with van der Waals surface area (Å²) in [5.41, 5.74) is 2.54. The number of nitrogens with zero attached hydrogens (tertiary/aromatic N) is 3. The Hall–Kier alpha value is -2.45. The summed E-state index contributed by atoms with van der Waals surface area (Å²) in [6.45, 7) is 2.33. The zero-order valence-corrected chi connectivity index (χ0v) is 14.6. The van der Waals surface area contributed by atoms with E-state index in [-0.39, 0.29) is 12.1 Å². The molecule has 8 heteroatoms. The van der Waals surface area contributed by atoms with E-state index in [4.69, 9.17) is 4.74 Å². The third kappa shape index (κ3) is 3.55. The van der Waals surface area contributed by atoms with E-state index in [0.29, 0.717) is 6.61 Å². The molecule has 24 heavy (non-hydrogen) atoms. The Balaban J connectivity index is 1.71. The minimum absolute atomic E-state index is 0.281. The SMILES string of the molecule is COCC(NC(=O)Nc1ccc2nc(C)sc2c1)c1ccnn1C. The molecule has 0 aliphatic carbocycles. The number of carbonyl (C=O) groups is 1. The zero-order chi connectivity index (χ0) is 17.1. The number of aryl methyl sites for hydroxylation is 2. The standard InChI is InChI=1S/C16H19N5O2S/c1-10-18-12-5-4-11(8-15(12)24-10)19-16(22)20-13(9-23-3)14-6-7-17-21(14)2/h4-8,13H,9H2,1-3H3,(H2,19,20,22). The van der Waals surface area contributed by atoms with Crippen molar-refractivity contribution in [2.45, 2.75) is 13.0 Å². The molecule has 126 valence electrons. The van der Waals surface area contributed by atoms with Gasteiger partial charge in [-0.25, -0.2) is 9.78 Å². The molecule has 1 atom stereocenters. The number of rotatable bonds is 5. The number of carbonyl (C=O) groups excluding carboxylic acids is 1. The van der Waals surface area contributed by atoms with Crippen molar-refractivity contribution < 1.29 is 9.53 Å². The Morgan fingerprint density at radius 3 is 2.96 bits per heavy atom. The number of anilines is 1. The monoisotopic (exact) mass is 345 g/mol. The van der Waals surface area contributed by atoms with Crippen LogP contribution in [0.15, 0.2) is 30.5 Å². The smallest absolute Gasteiger partial charge is 0.319 e. The van der Waals surface area contributed by atoms with E-state index in [1.54, 1.807) is 29.3 Å². The second kappa shape index (κ2) is 6.98. The molecule has 0 aliphatic rings. The highest BCUT2D eigenvalue weighted by Crippen LogP contribution is 2.24. The molecule has 2 amide bonds. The summed E-state index contributed by atoms with van der Waals surface area (Å²) in [6.07, 6.45) is 1.69. The van der Waals surface area contributed by atoms with E-state index in [2.05, 4.69) is 20.7 Å². The van der Waals surface area contributed by atoms with Gasteiger partial charge in [0, 0.05) is 26.0 Å². The fourth-order valence-corrected chi connectivity index (χ4v) is 3.40. The van der Waals surface area contributed by atoms with Crippen molar-refractivity contribution in [1.82, 2.24) is 20.1 Å². The number of hydrogen-bond acceptors (Lipinski definition) is 5. The summed E-state index contributed by atoms with van der Waals surface area (Å²) in [7, 11) is 3.43. The summed E-state index contributed by atoms with van der Waals surface area (Å²) < 4.78 is 7.97. The summed E-state index contributed by atoms with van der Waals surface area (Å²) in [6, 6.07) is 6.96. The van der Waals surface area contributed by atoms with Gasteiger partial charge in [0.05, 0.1) is 33.6 Å². The van der Waals surface area contributed by atoms with Crippen molar-refractivity contribution >= 4 is 33.3 Å². The number of methoxy groups -OCH3 is 1. The van der Waals surface area contributed by atoms with Crippen molar-refractivity contribution in [2.24, 2.45) is 7.05 Å². The predicted molar refractivity (Wildman–Crippen MR) is 94.3 cm³/mol. The van der Waals surface area contributed by atoms with Crippen LogP contribution in [0.5, 0.6) is 0 Å². The second-order valence-electron chi connectivity index (χ2n) is 5.40. The first-order valence-corrected chi connectivity index (χ1v) is 8.30. The Labute approximate surface area is 143 Å². The third-order valence-corrected chi connectivity index (χ3v) is 4.54. The predicted octanol–water partition coefficient (Wildman–Crippen LogP) is 2.85. The van der Waals surface area contributed by atoms with Gasteiger partial charge in [0.2, 0.25) is 0 Å². The average Bonchev–Trinajstić information content (AvgIpc) is 3.11. The van der Waals surface area contributed by atoms with E-state index in [1.165, 1.54) is 0 Å². The normalized spacial score (nSPS) is 12.3. The number of benzene rings is 1. The van der Waals surface area contributed by atoms with Gasteiger partial charge in [-0.3, -0.25) is 4.68 Å². The maximum atomic E-state index is 12.3. The molecule has 0 spiro atoms. The highest BCUT2D eigenvalue weighted by atomic mass is 32.1. The van der Waals surface area contributed by atoms with Gasteiger partial charge in [0.15, 0.2) is 0 Å². The Morgan fingerprint density at radius 2 is 2.25 bits per heavy atom. The van der Waals surface area contributed by atoms with Crippen LogP contribution in [0.25, 0.3) is 10.2 Å². The molecule has 3 aromatic rings. The Kier molecular flexibility index (Phi) is 4.77. The molecule has 0 saturated heterocycles. The number of ether oxygens (including phenoxy) is 1. The zero-order valence-electron chi connectivity index (χ0n) is 13.7. The molecular weight excluding hydrogens is 326 g/mol. The van der Waals surface area contributed by atoms with Gasteiger partial charge in [-0.2, -0.15) is 5.10 Å². The lowest BCUT2D eigenvalue weighted by atomic mass is 10.2. The van der Waals surface area contributed by atoms with Crippen LogP contribution in [-0.4, -0.2) is 34.5 Å². The van der Waals surface area contributed by atoms with Crippen LogP contribution in [0.3, 0.4) is 0 Å². The van der Waals surface area contributed by atoms with Crippen LogP contribution >= 0.6 is 11.3 Å². The summed E-state index contributed by atoms with van der Waals surface area (Å²) >= 11 is 1.60. The number of aromatic nitrogens is 3. The molecule has 2 N–H and O–H groups in total. The maximum absolute atomic E-state index is 12.3. The fourth-order valence-electron chi connectivity index (χ4n) is 2.54. The van der Waals surface area contributed by atoms with Crippen LogP contribution in [0.4, 0.5) is 10.5 Å². The first-order chi connectivity index (χ1) is 11.6. The van der Waals surface area contributed by atoms with E-state index in [0.717, 1.165) is 26.6 Å². The molecule has 0 saturated carbocycles. The Bertz CT molecular complexity index is 857. The lowest BCUT2D eigenvalue weighted by Gasteiger charge is -2.18. The second-order valence-corrected chi connectivity index (χ2v) is 6.64. The van der Waals surface area contributed by atoms with Crippen molar-refractivity contribution in [1.29, 1.82) is 0 Å². The van der Waals surface area contributed by atoms with Gasteiger partial charge in [-0.05, 0) is 31.2 Å². The molecule has 7 nitrogen and oxygen atoms in total. The van der Waals surface area contributed by atoms with Crippen LogP contribution in [0.2, 0.25) is 0 Å². The summed E-state index contributed by atoms with van der Waals surface area (Å²) in [4.78, 5) is 16.7. The number of urea groups is 1. The van der Waals surface area contributed by atoms with Gasteiger partial charge in [0.25, 0.3) is 0 Å². The lowest BCUT2D eigenvalue weighted by Crippen LogP contribution is -2.35. The number of thiazole rings is 1. The third-order valence-electron chi connectivity index (χ3n) is 3.61. The van der Waals surface area contributed by atoms with Crippen LogP contribution in [-0.2, 0) is 11.8 Å². The van der Waals surface area contributed by atoms with Crippen molar-refractivity contribution in [2.75, 3.05) is 19.0 Å². The van der Waals surface area contributed by atoms with Gasteiger partial charge in [-0.15, -0.1) is 11.3 Å². The van der Waals surface area contributed by atoms with Gasteiger partial charge < -0.3 is 15.4 Å². The van der Waals surface area contributed by atoms with Crippen molar-refractivity contribution in [3.05, 3.63) is 41.2 Å². The van der Waals surface area contributed by atoms with Gasteiger partial charge in [-0.1, -0.05) is 0 Å². The molecule has 2 heterocycles. The molecule has 0 bridgehead atoms. The minimum Gasteiger partial charge on any atom is -0.382 e. The number of amides is 2. The summed E-state index contributed by atoms with van der Waals surface area (Å²) in [5, 5.41) is 10.9. The summed E-state index contributed by atoms with van der Waals surface area (Å²) in [5.74, 6) is 0. The molecular formula is C16H19N5O2S. The van der Waals surface area contributed by atoms with Crippen molar-refractivity contribution in [3.8, 4) is 0 Å². The average molecular weight is 345 g/mol. The van der Waals surface area contributed by atoms with Crippen LogP contribution in [0, 0.1) is 6.92 Å². The molecule has 2 aromatic heterocycles. The van der Waals surface area contributed by atoms with E-state index >= 15 is 0 Å². The topological polar surface area (TPSA) is 81.1 Å². The van der Waals surface area contributed by atoms with Gasteiger partial charge in [0.1, 0.15) is 0 Å². The maximum Gasteiger partial charge on any atom is 0.319 e. The first kappa shape index (κ1) is 16.4. The fraction of sp³-hybridized carbons (Fsp3) is 0.312. The first-order valence-electron chi connectivity index (χ1n) is 7.48. The molecule has 1 unspecified atom stereocenters. The van der Waals surface area contributed by atoms with E-state index < -0.39 is 0 Å². The van der Waals surface area contributed by atoms with Crippen molar-refractivity contribution in [3.63, 3.8) is 0 Å². The lowest BCUT2D eigenvalue weighted by molar-refractivity contribution is 0.165. The van der Waals surface area contributed by atoms with Crippen LogP contribution < -0.4 is 10.6 Å². The van der Waals surface area contributed by atoms with E-state index in [1.807, 2.05) is 38.2 Å². The molecule has 0 fully saturated rings. The number of hydrogen-bond donors (Lipinski definition) is 2.